The van der Waals surface area contributed by atoms with E-state index >= 15 is 0 Å². The Bertz CT molecular complexity index is 339. The van der Waals surface area contributed by atoms with Crippen molar-refractivity contribution in [2.45, 2.75) is 26.7 Å². The molecule has 0 aliphatic rings. The quantitative estimate of drug-likeness (QED) is 0.802. The van der Waals surface area contributed by atoms with Crippen LogP contribution in [0, 0.1) is 5.92 Å². The standard InChI is InChI=1S/C11H15ClN2O/c1-8(2)3-4-11(15)14-9-5-6-13-10(12)7-9/h5-8H,3-4H2,1-2H3,(H,13,14,15). The van der Waals surface area contributed by atoms with Gasteiger partial charge in [0.25, 0.3) is 0 Å². The number of halogens is 1. The molecule has 0 saturated heterocycles. The smallest absolute Gasteiger partial charge is 0.224 e. The Morgan fingerprint density at radius 3 is 2.93 bits per heavy atom. The molecule has 0 fully saturated rings. The predicted molar refractivity (Wildman–Crippen MR) is 61.9 cm³/mol. The van der Waals surface area contributed by atoms with Gasteiger partial charge in [-0.1, -0.05) is 25.4 Å². The predicted octanol–water partition coefficient (Wildman–Crippen LogP) is 3.11. The zero-order chi connectivity index (χ0) is 11.3. The molecule has 0 unspecified atom stereocenters. The molecule has 1 rings (SSSR count). The van der Waals surface area contributed by atoms with Gasteiger partial charge in [0.05, 0.1) is 0 Å². The molecule has 0 spiro atoms. The number of nitrogens with zero attached hydrogens (tertiary/aromatic N) is 1. The van der Waals surface area contributed by atoms with E-state index in [0.29, 0.717) is 23.2 Å². The summed E-state index contributed by atoms with van der Waals surface area (Å²) in [6.07, 6.45) is 3.00. The van der Waals surface area contributed by atoms with Gasteiger partial charge in [0.15, 0.2) is 0 Å². The first-order valence-electron chi connectivity index (χ1n) is 4.99. The average Bonchev–Trinajstić information content (AvgIpc) is 2.15. The fraction of sp³-hybridized carbons (Fsp3) is 0.455. The number of nitrogens with one attached hydrogen (secondary N) is 1. The molecule has 1 amide bonds. The molecule has 82 valence electrons. The highest BCUT2D eigenvalue weighted by Gasteiger charge is 2.04. The Morgan fingerprint density at radius 1 is 1.60 bits per heavy atom. The lowest BCUT2D eigenvalue weighted by Gasteiger charge is -2.06. The van der Waals surface area contributed by atoms with Crippen molar-refractivity contribution in [3.05, 3.63) is 23.5 Å². The molecule has 0 saturated carbocycles. The number of rotatable bonds is 4. The summed E-state index contributed by atoms with van der Waals surface area (Å²) >= 11 is 5.69. The van der Waals surface area contributed by atoms with Crippen LogP contribution in [-0.2, 0) is 4.79 Å². The molecular formula is C11H15ClN2O. The molecule has 4 heteroatoms. The van der Waals surface area contributed by atoms with Crippen LogP contribution in [0.3, 0.4) is 0 Å². The SMILES string of the molecule is CC(C)CCC(=O)Nc1ccnc(Cl)c1. The summed E-state index contributed by atoms with van der Waals surface area (Å²) in [6.45, 7) is 4.19. The molecule has 0 aromatic carbocycles. The van der Waals surface area contributed by atoms with Crippen LogP contribution in [0.1, 0.15) is 26.7 Å². The molecular weight excluding hydrogens is 212 g/mol. The molecule has 0 aliphatic carbocycles. The van der Waals surface area contributed by atoms with Gasteiger partial charge < -0.3 is 5.32 Å². The minimum Gasteiger partial charge on any atom is -0.326 e. The lowest BCUT2D eigenvalue weighted by atomic mass is 10.1. The topological polar surface area (TPSA) is 42.0 Å². The first kappa shape index (κ1) is 12.0. The molecule has 0 atom stereocenters. The fourth-order valence-electron chi connectivity index (χ4n) is 1.12. The van der Waals surface area contributed by atoms with Crippen molar-refractivity contribution in [1.29, 1.82) is 0 Å². The van der Waals surface area contributed by atoms with Crippen molar-refractivity contribution in [2.75, 3.05) is 5.32 Å². The van der Waals surface area contributed by atoms with Gasteiger partial charge in [-0.25, -0.2) is 4.98 Å². The Hall–Kier alpha value is -1.09. The minimum absolute atomic E-state index is 0.0194. The van der Waals surface area contributed by atoms with Crippen molar-refractivity contribution in [3.63, 3.8) is 0 Å². The maximum atomic E-state index is 11.5. The summed E-state index contributed by atoms with van der Waals surface area (Å²) in [5.74, 6) is 0.558. The highest BCUT2D eigenvalue weighted by molar-refractivity contribution is 6.29. The molecule has 1 heterocycles. The van der Waals surface area contributed by atoms with E-state index in [1.54, 1.807) is 18.3 Å². The fourth-order valence-corrected chi connectivity index (χ4v) is 1.30. The molecule has 1 aromatic rings. The van der Waals surface area contributed by atoms with Gasteiger partial charge in [-0.2, -0.15) is 0 Å². The maximum absolute atomic E-state index is 11.5. The molecule has 0 bridgehead atoms. The van der Waals surface area contributed by atoms with E-state index in [2.05, 4.69) is 24.1 Å². The van der Waals surface area contributed by atoms with Gasteiger partial charge in [-0.3, -0.25) is 4.79 Å². The first-order chi connectivity index (χ1) is 7.08. The van der Waals surface area contributed by atoms with Crippen LogP contribution >= 0.6 is 11.6 Å². The second-order valence-electron chi connectivity index (χ2n) is 3.85. The van der Waals surface area contributed by atoms with Crippen LogP contribution in [0.25, 0.3) is 0 Å². The number of carbonyl (C=O) groups excluding carboxylic acids is 1. The number of hydrogen-bond donors (Lipinski definition) is 1. The van der Waals surface area contributed by atoms with Crippen molar-refractivity contribution in [2.24, 2.45) is 5.92 Å². The van der Waals surface area contributed by atoms with Gasteiger partial charge in [0.1, 0.15) is 5.15 Å². The van der Waals surface area contributed by atoms with Crippen molar-refractivity contribution < 1.29 is 4.79 Å². The summed E-state index contributed by atoms with van der Waals surface area (Å²) in [7, 11) is 0. The highest BCUT2D eigenvalue weighted by Crippen LogP contribution is 2.13. The van der Waals surface area contributed by atoms with E-state index in [4.69, 9.17) is 11.6 Å². The van der Waals surface area contributed by atoms with Crippen molar-refractivity contribution >= 4 is 23.2 Å². The van der Waals surface area contributed by atoms with Gasteiger partial charge in [-0.15, -0.1) is 0 Å². The molecule has 1 aromatic heterocycles. The summed E-state index contributed by atoms with van der Waals surface area (Å²) in [5, 5.41) is 3.16. The maximum Gasteiger partial charge on any atom is 0.224 e. The van der Waals surface area contributed by atoms with Gasteiger partial charge in [-0.05, 0) is 24.5 Å². The first-order valence-corrected chi connectivity index (χ1v) is 5.37. The molecule has 3 nitrogen and oxygen atoms in total. The number of carbonyl (C=O) groups is 1. The number of aromatic nitrogens is 1. The number of anilines is 1. The number of hydrogen-bond acceptors (Lipinski definition) is 2. The van der Waals surface area contributed by atoms with E-state index in [9.17, 15) is 4.79 Å². The van der Waals surface area contributed by atoms with E-state index in [1.165, 1.54) is 0 Å². The Labute approximate surface area is 94.9 Å². The summed E-state index contributed by atoms with van der Waals surface area (Å²) in [4.78, 5) is 15.3. The Balaban J connectivity index is 2.44. The second kappa shape index (κ2) is 5.71. The molecule has 15 heavy (non-hydrogen) atoms. The molecule has 0 aliphatic heterocycles. The van der Waals surface area contributed by atoms with Gasteiger partial charge in [0, 0.05) is 18.3 Å². The summed E-state index contributed by atoms with van der Waals surface area (Å²) < 4.78 is 0. The van der Waals surface area contributed by atoms with Crippen LogP contribution < -0.4 is 5.32 Å². The van der Waals surface area contributed by atoms with E-state index < -0.39 is 0 Å². The Kier molecular flexibility index (Phi) is 4.56. The average molecular weight is 227 g/mol. The van der Waals surface area contributed by atoms with Crippen LogP contribution in [0.2, 0.25) is 5.15 Å². The highest BCUT2D eigenvalue weighted by atomic mass is 35.5. The summed E-state index contributed by atoms with van der Waals surface area (Å²) in [6, 6.07) is 3.36. The zero-order valence-corrected chi connectivity index (χ0v) is 9.71. The lowest BCUT2D eigenvalue weighted by Crippen LogP contribution is -2.12. The Morgan fingerprint density at radius 2 is 2.33 bits per heavy atom. The van der Waals surface area contributed by atoms with Crippen LogP contribution in [0.15, 0.2) is 18.3 Å². The molecule has 1 N–H and O–H groups in total. The largest absolute Gasteiger partial charge is 0.326 e. The number of amides is 1. The minimum atomic E-state index is 0.0194. The van der Waals surface area contributed by atoms with Crippen molar-refractivity contribution in [3.8, 4) is 0 Å². The van der Waals surface area contributed by atoms with Crippen LogP contribution in [0.5, 0.6) is 0 Å². The third kappa shape index (κ3) is 4.79. The number of pyridine rings is 1. The monoisotopic (exact) mass is 226 g/mol. The van der Waals surface area contributed by atoms with E-state index in [-0.39, 0.29) is 5.91 Å². The van der Waals surface area contributed by atoms with E-state index in [0.717, 1.165) is 6.42 Å². The van der Waals surface area contributed by atoms with Gasteiger partial charge >= 0.3 is 0 Å². The van der Waals surface area contributed by atoms with Crippen LogP contribution in [-0.4, -0.2) is 10.9 Å². The zero-order valence-electron chi connectivity index (χ0n) is 8.96. The van der Waals surface area contributed by atoms with E-state index in [1.807, 2.05) is 0 Å². The van der Waals surface area contributed by atoms with Crippen LogP contribution in [0.4, 0.5) is 5.69 Å². The summed E-state index contributed by atoms with van der Waals surface area (Å²) in [5.41, 5.74) is 0.698. The molecule has 0 radical (unpaired) electrons. The normalized spacial score (nSPS) is 10.4. The third-order valence-corrected chi connectivity index (χ3v) is 2.17. The third-order valence-electron chi connectivity index (χ3n) is 1.96. The van der Waals surface area contributed by atoms with Crippen molar-refractivity contribution in [1.82, 2.24) is 4.98 Å². The second-order valence-corrected chi connectivity index (χ2v) is 4.24. The van der Waals surface area contributed by atoms with Gasteiger partial charge in [0.2, 0.25) is 5.91 Å². The lowest BCUT2D eigenvalue weighted by molar-refractivity contribution is -0.116.